The summed E-state index contributed by atoms with van der Waals surface area (Å²) in [5, 5.41) is 2.88. The highest BCUT2D eigenvalue weighted by atomic mass is 32.1. The molecule has 0 saturated carbocycles. The van der Waals surface area contributed by atoms with E-state index in [0.29, 0.717) is 18.7 Å². The summed E-state index contributed by atoms with van der Waals surface area (Å²) in [7, 11) is 0. The smallest absolute Gasteiger partial charge is 0.325 e. The highest BCUT2D eigenvalue weighted by Gasteiger charge is 2.18. The fraction of sp³-hybridized carbons (Fsp3) is 0.250. The van der Waals surface area contributed by atoms with E-state index in [0.717, 1.165) is 11.1 Å². The van der Waals surface area contributed by atoms with Crippen LogP contribution in [0.25, 0.3) is 0 Å². The van der Waals surface area contributed by atoms with Crippen LogP contribution in [-0.4, -0.2) is 35.0 Å². The van der Waals surface area contributed by atoms with Crippen LogP contribution in [0, 0.1) is 6.92 Å². The molecule has 2 aromatic carbocycles. The van der Waals surface area contributed by atoms with Crippen molar-refractivity contribution < 1.29 is 14.3 Å². The molecular weight excluding hydrogens is 348 g/mol. The zero-order valence-corrected chi connectivity index (χ0v) is 15.7. The van der Waals surface area contributed by atoms with Crippen molar-refractivity contribution in [2.45, 2.75) is 20.4 Å². The first-order valence-corrected chi connectivity index (χ1v) is 8.77. The van der Waals surface area contributed by atoms with Gasteiger partial charge in [-0.25, -0.2) is 0 Å². The van der Waals surface area contributed by atoms with Crippen molar-refractivity contribution in [3.63, 3.8) is 0 Å². The van der Waals surface area contributed by atoms with E-state index in [9.17, 15) is 9.59 Å². The highest BCUT2D eigenvalue weighted by molar-refractivity contribution is 7.80. The lowest BCUT2D eigenvalue weighted by Crippen LogP contribution is -2.44. The van der Waals surface area contributed by atoms with Gasteiger partial charge in [0.15, 0.2) is 5.11 Å². The number of thiocarbonyl (C=S) groups is 1. The molecule has 0 radical (unpaired) electrons. The molecule has 0 fully saturated rings. The number of esters is 1. The summed E-state index contributed by atoms with van der Waals surface area (Å²) >= 11 is 5.37. The first-order valence-electron chi connectivity index (χ1n) is 8.36. The number of hydrogen-bond acceptors (Lipinski definition) is 4. The maximum Gasteiger partial charge on any atom is 0.325 e. The molecule has 136 valence electrons. The van der Waals surface area contributed by atoms with Crippen molar-refractivity contribution in [1.29, 1.82) is 0 Å². The van der Waals surface area contributed by atoms with Gasteiger partial charge in [0, 0.05) is 12.1 Å². The monoisotopic (exact) mass is 370 g/mol. The Labute approximate surface area is 159 Å². The summed E-state index contributed by atoms with van der Waals surface area (Å²) in [5.41, 5.74) is 2.55. The fourth-order valence-electron chi connectivity index (χ4n) is 2.32. The van der Waals surface area contributed by atoms with Crippen LogP contribution in [-0.2, 0) is 16.1 Å². The molecule has 0 aliphatic rings. The second-order valence-electron chi connectivity index (χ2n) is 5.77. The Kier molecular flexibility index (Phi) is 7.29. The van der Waals surface area contributed by atoms with Crippen LogP contribution in [0.2, 0.25) is 0 Å². The van der Waals surface area contributed by atoms with Gasteiger partial charge in [0.25, 0.3) is 5.91 Å². The minimum atomic E-state index is -0.393. The molecule has 0 unspecified atom stereocenters. The number of nitrogens with zero attached hydrogens (tertiary/aromatic N) is 1. The number of aryl methyl sites for hydroxylation is 1. The Morgan fingerprint density at radius 2 is 1.73 bits per heavy atom. The van der Waals surface area contributed by atoms with E-state index in [-0.39, 0.29) is 17.6 Å². The summed E-state index contributed by atoms with van der Waals surface area (Å²) in [6, 6.07) is 16.8. The van der Waals surface area contributed by atoms with Gasteiger partial charge in [0.05, 0.1) is 6.61 Å². The van der Waals surface area contributed by atoms with Crippen molar-refractivity contribution >= 4 is 29.2 Å². The number of benzene rings is 2. The number of carbonyl (C=O) groups is 2. The van der Waals surface area contributed by atoms with Crippen LogP contribution in [0.3, 0.4) is 0 Å². The molecule has 2 rings (SSSR count). The van der Waals surface area contributed by atoms with E-state index >= 15 is 0 Å². The lowest BCUT2D eigenvalue weighted by molar-refractivity contribution is -0.143. The van der Waals surface area contributed by atoms with Gasteiger partial charge in [-0.15, -0.1) is 0 Å². The number of nitrogens with one attached hydrogen (secondary N) is 1. The zero-order valence-electron chi connectivity index (χ0n) is 14.9. The van der Waals surface area contributed by atoms with E-state index < -0.39 is 5.97 Å². The molecule has 0 aromatic heterocycles. The molecule has 1 amide bonds. The molecule has 0 saturated heterocycles. The normalized spacial score (nSPS) is 10.1. The van der Waals surface area contributed by atoms with Gasteiger partial charge >= 0.3 is 5.97 Å². The maximum atomic E-state index is 12.4. The summed E-state index contributed by atoms with van der Waals surface area (Å²) < 4.78 is 5.01. The minimum absolute atomic E-state index is 0.0320. The maximum absolute atomic E-state index is 12.4. The standard InChI is InChI=1S/C20H22N2O3S/c1-3-25-18(23)14-22(13-16-7-5-4-6-8-16)20(26)21-19(24)17-11-9-15(2)10-12-17/h4-12H,3,13-14H2,1-2H3,(H,21,24,26). The molecule has 1 N–H and O–H groups in total. The van der Waals surface area contributed by atoms with Crippen molar-refractivity contribution in [3.8, 4) is 0 Å². The van der Waals surface area contributed by atoms with Crippen LogP contribution in [0.1, 0.15) is 28.4 Å². The average Bonchev–Trinajstić information content (AvgIpc) is 2.62. The molecule has 5 nitrogen and oxygen atoms in total. The Hall–Kier alpha value is -2.73. The van der Waals surface area contributed by atoms with Crippen LogP contribution >= 0.6 is 12.2 Å². The number of carbonyl (C=O) groups excluding carboxylic acids is 2. The molecular formula is C20H22N2O3S. The summed E-state index contributed by atoms with van der Waals surface area (Å²) in [5.74, 6) is -0.702. The molecule has 0 bridgehead atoms. The van der Waals surface area contributed by atoms with E-state index in [1.807, 2.05) is 49.4 Å². The lowest BCUT2D eigenvalue weighted by atomic mass is 10.1. The molecule has 0 atom stereocenters. The van der Waals surface area contributed by atoms with Crippen LogP contribution in [0.4, 0.5) is 0 Å². The topological polar surface area (TPSA) is 58.6 Å². The molecule has 2 aromatic rings. The van der Waals surface area contributed by atoms with Gasteiger partial charge in [0.1, 0.15) is 6.54 Å². The van der Waals surface area contributed by atoms with Crippen molar-refractivity contribution in [2.75, 3.05) is 13.2 Å². The predicted molar refractivity (Wildman–Crippen MR) is 105 cm³/mol. The van der Waals surface area contributed by atoms with Crippen LogP contribution in [0.15, 0.2) is 54.6 Å². The predicted octanol–water partition coefficient (Wildman–Crippen LogP) is 3.08. The number of hydrogen-bond donors (Lipinski definition) is 1. The van der Waals surface area contributed by atoms with Gasteiger partial charge in [-0.3, -0.25) is 14.9 Å². The third kappa shape index (κ3) is 5.97. The van der Waals surface area contributed by atoms with Crippen molar-refractivity contribution in [3.05, 3.63) is 71.3 Å². The second kappa shape index (κ2) is 9.68. The second-order valence-corrected chi connectivity index (χ2v) is 6.16. The molecule has 26 heavy (non-hydrogen) atoms. The Bertz CT molecular complexity index is 760. The number of rotatable bonds is 6. The zero-order chi connectivity index (χ0) is 18.9. The molecule has 6 heteroatoms. The summed E-state index contributed by atoms with van der Waals surface area (Å²) in [6.45, 7) is 4.35. The fourth-order valence-corrected chi connectivity index (χ4v) is 2.54. The van der Waals surface area contributed by atoms with Gasteiger partial charge in [0.2, 0.25) is 0 Å². The summed E-state index contributed by atoms with van der Waals surface area (Å²) in [6.07, 6.45) is 0. The van der Waals surface area contributed by atoms with Gasteiger partial charge < -0.3 is 9.64 Å². The van der Waals surface area contributed by atoms with E-state index in [4.69, 9.17) is 17.0 Å². The minimum Gasteiger partial charge on any atom is -0.465 e. The van der Waals surface area contributed by atoms with Crippen LogP contribution in [0.5, 0.6) is 0 Å². The molecule has 0 aliphatic carbocycles. The van der Waals surface area contributed by atoms with Gasteiger partial charge in [-0.05, 0) is 43.8 Å². The highest BCUT2D eigenvalue weighted by Crippen LogP contribution is 2.07. The summed E-state index contributed by atoms with van der Waals surface area (Å²) in [4.78, 5) is 25.9. The quantitative estimate of drug-likeness (QED) is 0.626. The van der Waals surface area contributed by atoms with Crippen molar-refractivity contribution in [1.82, 2.24) is 10.2 Å². The average molecular weight is 370 g/mol. The third-order valence-electron chi connectivity index (χ3n) is 3.66. The Morgan fingerprint density at radius 1 is 1.08 bits per heavy atom. The van der Waals surface area contributed by atoms with E-state index in [1.165, 1.54) is 0 Å². The van der Waals surface area contributed by atoms with Gasteiger partial charge in [-0.2, -0.15) is 0 Å². The van der Waals surface area contributed by atoms with Crippen molar-refractivity contribution in [2.24, 2.45) is 0 Å². The molecule has 0 aliphatic heterocycles. The first kappa shape index (κ1) is 19.6. The first-order chi connectivity index (χ1) is 12.5. The SMILES string of the molecule is CCOC(=O)CN(Cc1ccccc1)C(=S)NC(=O)c1ccc(C)cc1. The van der Waals surface area contributed by atoms with E-state index in [2.05, 4.69) is 5.32 Å². The largest absolute Gasteiger partial charge is 0.465 e. The van der Waals surface area contributed by atoms with E-state index in [1.54, 1.807) is 24.0 Å². The molecule has 0 spiro atoms. The third-order valence-corrected chi connectivity index (χ3v) is 4.02. The number of amides is 1. The lowest BCUT2D eigenvalue weighted by Gasteiger charge is -2.24. The Morgan fingerprint density at radius 3 is 2.35 bits per heavy atom. The van der Waals surface area contributed by atoms with Gasteiger partial charge in [-0.1, -0.05) is 48.0 Å². The van der Waals surface area contributed by atoms with Crippen LogP contribution < -0.4 is 5.32 Å². The number of ether oxygens (including phenoxy) is 1. The Balaban J connectivity index is 2.09. The molecule has 0 heterocycles.